The summed E-state index contributed by atoms with van der Waals surface area (Å²) in [5, 5.41) is 6.70. The predicted octanol–water partition coefficient (Wildman–Crippen LogP) is 4.77. The highest BCUT2D eigenvalue weighted by Gasteiger charge is 2.27. The molecule has 7 nitrogen and oxygen atoms in total. The molecule has 3 aromatic rings. The van der Waals surface area contributed by atoms with Crippen LogP contribution in [0.2, 0.25) is 5.02 Å². The van der Waals surface area contributed by atoms with Crippen molar-refractivity contribution in [3.8, 4) is 0 Å². The molecule has 1 aliphatic carbocycles. The first-order chi connectivity index (χ1) is 15.2. The van der Waals surface area contributed by atoms with E-state index in [1.165, 1.54) is 57.2 Å². The zero-order valence-corrected chi connectivity index (χ0v) is 17.9. The van der Waals surface area contributed by atoms with Gasteiger partial charge in [0.15, 0.2) is 5.82 Å². The lowest BCUT2D eigenvalue weighted by atomic mass is 9.90. The SMILES string of the molecule is Fc1ccc(Nc2ncnc3cnc(NC4CCC(N5CCCC5)CC4)nc23)cc1Cl. The van der Waals surface area contributed by atoms with Crippen LogP contribution in [0, 0.1) is 5.82 Å². The molecule has 31 heavy (non-hydrogen) atoms. The van der Waals surface area contributed by atoms with E-state index in [1.54, 1.807) is 12.3 Å². The first-order valence-electron chi connectivity index (χ1n) is 10.9. The predicted molar refractivity (Wildman–Crippen MR) is 120 cm³/mol. The number of fused-ring (bicyclic) bond motifs is 1. The van der Waals surface area contributed by atoms with Gasteiger partial charge < -0.3 is 15.5 Å². The number of benzene rings is 1. The van der Waals surface area contributed by atoms with Crippen molar-refractivity contribution in [3.63, 3.8) is 0 Å². The smallest absolute Gasteiger partial charge is 0.223 e. The van der Waals surface area contributed by atoms with E-state index in [2.05, 4.69) is 35.5 Å². The third kappa shape index (κ3) is 4.55. The van der Waals surface area contributed by atoms with Crippen molar-refractivity contribution in [3.05, 3.63) is 41.6 Å². The Morgan fingerprint density at radius 1 is 1.03 bits per heavy atom. The molecular formula is C22H25ClFN7. The van der Waals surface area contributed by atoms with Gasteiger partial charge in [-0.05, 0) is 69.8 Å². The summed E-state index contributed by atoms with van der Waals surface area (Å²) in [6.07, 6.45) is 10.5. The monoisotopic (exact) mass is 441 g/mol. The van der Waals surface area contributed by atoms with E-state index in [-0.39, 0.29) is 5.02 Å². The molecule has 0 atom stereocenters. The van der Waals surface area contributed by atoms with Gasteiger partial charge in [0, 0.05) is 17.8 Å². The van der Waals surface area contributed by atoms with Crippen molar-refractivity contribution in [1.82, 2.24) is 24.8 Å². The van der Waals surface area contributed by atoms with Gasteiger partial charge in [0.25, 0.3) is 0 Å². The van der Waals surface area contributed by atoms with Crippen LogP contribution in [0.4, 0.5) is 21.8 Å². The summed E-state index contributed by atoms with van der Waals surface area (Å²) in [6.45, 7) is 2.51. The van der Waals surface area contributed by atoms with Crippen molar-refractivity contribution in [2.75, 3.05) is 23.7 Å². The molecule has 1 saturated heterocycles. The van der Waals surface area contributed by atoms with Gasteiger partial charge in [0.05, 0.1) is 11.2 Å². The van der Waals surface area contributed by atoms with Crippen LogP contribution in [0.25, 0.3) is 11.0 Å². The number of rotatable bonds is 5. The second-order valence-corrected chi connectivity index (χ2v) is 8.70. The zero-order chi connectivity index (χ0) is 21.2. The highest BCUT2D eigenvalue weighted by atomic mass is 35.5. The minimum Gasteiger partial charge on any atom is -0.351 e. The molecule has 2 fully saturated rings. The Labute approximate surface area is 185 Å². The van der Waals surface area contributed by atoms with Gasteiger partial charge in [-0.25, -0.2) is 24.3 Å². The fourth-order valence-corrected chi connectivity index (χ4v) is 4.78. The van der Waals surface area contributed by atoms with Crippen LogP contribution < -0.4 is 10.6 Å². The van der Waals surface area contributed by atoms with Gasteiger partial charge in [0.2, 0.25) is 5.95 Å². The van der Waals surface area contributed by atoms with E-state index in [0.717, 1.165) is 18.9 Å². The van der Waals surface area contributed by atoms with Crippen LogP contribution in [0.1, 0.15) is 38.5 Å². The van der Waals surface area contributed by atoms with Crippen molar-refractivity contribution in [1.29, 1.82) is 0 Å². The lowest BCUT2D eigenvalue weighted by Crippen LogP contribution is -2.39. The summed E-state index contributed by atoms with van der Waals surface area (Å²) in [4.78, 5) is 20.4. The number of anilines is 3. The van der Waals surface area contributed by atoms with Gasteiger partial charge in [-0.15, -0.1) is 0 Å². The normalized spacial score (nSPS) is 22.0. The molecule has 9 heteroatoms. The number of hydrogen-bond donors (Lipinski definition) is 2. The lowest BCUT2D eigenvalue weighted by molar-refractivity contribution is 0.186. The third-order valence-electron chi connectivity index (χ3n) is 6.25. The van der Waals surface area contributed by atoms with Gasteiger partial charge in [-0.2, -0.15) is 0 Å². The van der Waals surface area contributed by atoms with Crippen LogP contribution in [-0.2, 0) is 0 Å². The minimum absolute atomic E-state index is 0.0462. The molecule has 5 rings (SSSR count). The topological polar surface area (TPSA) is 78.9 Å². The Morgan fingerprint density at radius 2 is 1.84 bits per heavy atom. The Balaban J connectivity index is 1.30. The Morgan fingerprint density at radius 3 is 2.61 bits per heavy atom. The van der Waals surface area contributed by atoms with Crippen LogP contribution in [-0.4, -0.2) is 50.0 Å². The minimum atomic E-state index is -0.465. The number of hydrogen-bond acceptors (Lipinski definition) is 7. The third-order valence-corrected chi connectivity index (χ3v) is 6.54. The molecule has 3 heterocycles. The molecule has 0 unspecified atom stereocenters. The fourth-order valence-electron chi connectivity index (χ4n) is 4.60. The maximum Gasteiger partial charge on any atom is 0.223 e. The lowest BCUT2D eigenvalue weighted by Gasteiger charge is -2.34. The van der Waals surface area contributed by atoms with E-state index in [1.807, 2.05) is 0 Å². The first kappa shape index (κ1) is 20.3. The second kappa shape index (κ2) is 8.88. The van der Waals surface area contributed by atoms with Crippen LogP contribution >= 0.6 is 11.6 Å². The van der Waals surface area contributed by atoms with E-state index in [0.29, 0.717) is 34.5 Å². The molecule has 2 aromatic heterocycles. The number of aromatic nitrogens is 4. The van der Waals surface area contributed by atoms with Gasteiger partial charge in [-0.3, -0.25) is 0 Å². The molecule has 0 spiro atoms. The molecular weight excluding hydrogens is 417 g/mol. The number of likely N-dealkylation sites (tertiary alicyclic amines) is 1. The molecule has 1 aromatic carbocycles. The summed E-state index contributed by atoms with van der Waals surface area (Å²) < 4.78 is 13.5. The summed E-state index contributed by atoms with van der Waals surface area (Å²) >= 11 is 5.90. The maximum absolute atomic E-state index is 13.5. The van der Waals surface area contributed by atoms with Crippen LogP contribution in [0.5, 0.6) is 0 Å². The Kier molecular flexibility index (Phi) is 5.82. The summed E-state index contributed by atoms with van der Waals surface area (Å²) in [5.74, 6) is 0.635. The van der Waals surface area contributed by atoms with Crippen LogP contribution in [0.3, 0.4) is 0 Å². The summed E-state index contributed by atoms with van der Waals surface area (Å²) in [6, 6.07) is 5.53. The van der Waals surface area contributed by atoms with E-state index >= 15 is 0 Å². The average molecular weight is 442 g/mol. The van der Waals surface area contributed by atoms with E-state index < -0.39 is 5.82 Å². The molecule has 162 valence electrons. The first-order valence-corrected chi connectivity index (χ1v) is 11.2. The Hall–Kier alpha value is -2.58. The van der Waals surface area contributed by atoms with Crippen molar-refractivity contribution < 1.29 is 4.39 Å². The zero-order valence-electron chi connectivity index (χ0n) is 17.2. The highest BCUT2D eigenvalue weighted by Crippen LogP contribution is 2.28. The van der Waals surface area contributed by atoms with Gasteiger partial charge in [0.1, 0.15) is 23.2 Å². The number of halogens is 2. The molecule has 1 aliphatic heterocycles. The maximum atomic E-state index is 13.5. The largest absolute Gasteiger partial charge is 0.351 e. The molecule has 1 saturated carbocycles. The van der Waals surface area contributed by atoms with Crippen LogP contribution in [0.15, 0.2) is 30.7 Å². The fraction of sp³-hybridized carbons (Fsp3) is 0.455. The highest BCUT2D eigenvalue weighted by molar-refractivity contribution is 6.31. The van der Waals surface area contributed by atoms with Gasteiger partial charge in [-0.1, -0.05) is 11.6 Å². The van der Waals surface area contributed by atoms with Crippen molar-refractivity contribution in [2.45, 2.75) is 50.6 Å². The number of nitrogens with zero attached hydrogens (tertiary/aromatic N) is 5. The summed E-state index contributed by atoms with van der Waals surface area (Å²) in [5.41, 5.74) is 1.86. The standard InChI is InChI=1S/C22H25ClFN7/c23-17-11-15(5-8-18(17)24)28-21-20-19(26-13-27-21)12-25-22(30-20)29-14-3-6-16(7-4-14)31-9-1-2-10-31/h5,8,11-14,16H,1-4,6-7,9-10H2,(H,25,29,30)(H,26,27,28). The summed E-state index contributed by atoms with van der Waals surface area (Å²) in [7, 11) is 0. The number of nitrogens with one attached hydrogen (secondary N) is 2. The molecule has 0 radical (unpaired) electrons. The average Bonchev–Trinajstić information content (AvgIpc) is 3.32. The van der Waals surface area contributed by atoms with E-state index in [4.69, 9.17) is 11.6 Å². The second-order valence-electron chi connectivity index (χ2n) is 8.30. The molecule has 2 N–H and O–H groups in total. The molecule has 0 bridgehead atoms. The van der Waals surface area contributed by atoms with Crippen molar-refractivity contribution in [2.24, 2.45) is 0 Å². The molecule has 0 amide bonds. The Bertz CT molecular complexity index is 1060. The molecule has 2 aliphatic rings. The van der Waals surface area contributed by atoms with Crippen molar-refractivity contribution >= 4 is 40.1 Å². The van der Waals surface area contributed by atoms with E-state index in [9.17, 15) is 4.39 Å². The van der Waals surface area contributed by atoms with Gasteiger partial charge >= 0.3 is 0 Å². The quantitative estimate of drug-likeness (QED) is 0.590.